The van der Waals surface area contributed by atoms with Crippen molar-refractivity contribution in [3.05, 3.63) is 57.6 Å². The van der Waals surface area contributed by atoms with Gasteiger partial charge in [-0.1, -0.05) is 25.1 Å². The first-order valence-corrected chi connectivity index (χ1v) is 11.0. The first kappa shape index (κ1) is 23.1. The second kappa shape index (κ2) is 9.12. The number of methoxy groups -OCH3 is 1. The van der Waals surface area contributed by atoms with Crippen molar-refractivity contribution in [2.45, 2.75) is 33.2 Å². The summed E-state index contributed by atoms with van der Waals surface area (Å²) in [6, 6.07) is 7.99. The lowest BCUT2D eigenvalue weighted by Gasteiger charge is -2.31. The van der Waals surface area contributed by atoms with E-state index in [9.17, 15) is 23.3 Å². The van der Waals surface area contributed by atoms with Crippen LogP contribution in [0.5, 0.6) is 5.75 Å². The van der Waals surface area contributed by atoms with E-state index in [1.165, 1.54) is 19.2 Å². The molecule has 0 heterocycles. The van der Waals surface area contributed by atoms with E-state index in [0.717, 1.165) is 27.8 Å². The van der Waals surface area contributed by atoms with Crippen molar-refractivity contribution in [1.29, 1.82) is 0 Å². The number of non-ortho nitro benzene ring substituents is 1. The van der Waals surface area contributed by atoms with Gasteiger partial charge in [-0.2, -0.15) is 0 Å². The standard InChI is InChI=1S/C20H25N3O6S/c1-6-16(20(24)21-19-13(2)8-7-9-14(19)3)22(30(5,27)28)17-12-15(23(25)26)10-11-18(17)29-4/h7-12,16H,6H2,1-5H3,(H,21,24)/t16-/m1/s1. The summed E-state index contributed by atoms with van der Waals surface area (Å²) in [5, 5.41) is 14.0. The average Bonchev–Trinajstić information content (AvgIpc) is 2.67. The Morgan fingerprint density at radius 2 is 1.83 bits per heavy atom. The Bertz CT molecular complexity index is 1050. The quantitative estimate of drug-likeness (QED) is 0.501. The van der Waals surface area contributed by atoms with Gasteiger partial charge in [-0.25, -0.2) is 8.42 Å². The second-order valence-electron chi connectivity index (χ2n) is 6.85. The number of sulfonamides is 1. The van der Waals surface area contributed by atoms with E-state index in [2.05, 4.69) is 5.32 Å². The van der Waals surface area contributed by atoms with E-state index in [-0.39, 0.29) is 23.5 Å². The Balaban J connectivity index is 2.59. The van der Waals surface area contributed by atoms with Crippen molar-refractivity contribution in [2.75, 3.05) is 23.0 Å². The molecule has 0 fully saturated rings. The summed E-state index contributed by atoms with van der Waals surface area (Å²) in [4.78, 5) is 23.7. The van der Waals surface area contributed by atoms with Gasteiger partial charge in [0.2, 0.25) is 15.9 Å². The molecule has 2 aromatic carbocycles. The number of rotatable bonds is 8. The third-order valence-electron chi connectivity index (χ3n) is 4.67. The summed E-state index contributed by atoms with van der Waals surface area (Å²) in [5.74, 6) is -0.446. The summed E-state index contributed by atoms with van der Waals surface area (Å²) in [5.41, 5.74) is 1.87. The highest BCUT2D eigenvalue weighted by molar-refractivity contribution is 7.92. The zero-order valence-electron chi connectivity index (χ0n) is 17.5. The fraction of sp³-hybridized carbons (Fsp3) is 0.350. The highest BCUT2D eigenvalue weighted by atomic mass is 32.2. The van der Waals surface area contributed by atoms with Crippen molar-refractivity contribution >= 4 is 33.0 Å². The first-order chi connectivity index (χ1) is 14.0. The summed E-state index contributed by atoms with van der Waals surface area (Å²) in [6.07, 6.45) is 1.08. The van der Waals surface area contributed by atoms with Crippen LogP contribution in [0, 0.1) is 24.0 Å². The molecule has 9 nitrogen and oxygen atoms in total. The molecule has 0 aliphatic carbocycles. The molecule has 30 heavy (non-hydrogen) atoms. The number of hydrogen-bond donors (Lipinski definition) is 1. The largest absolute Gasteiger partial charge is 0.495 e. The molecule has 0 saturated carbocycles. The molecule has 0 saturated heterocycles. The van der Waals surface area contributed by atoms with Crippen LogP contribution in [0.15, 0.2) is 36.4 Å². The Morgan fingerprint density at radius 1 is 1.23 bits per heavy atom. The molecule has 0 spiro atoms. The van der Waals surface area contributed by atoms with Crippen LogP contribution in [-0.4, -0.2) is 38.7 Å². The van der Waals surface area contributed by atoms with Crippen molar-refractivity contribution < 1.29 is 22.9 Å². The molecule has 0 radical (unpaired) electrons. The minimum absolute atomic E-state index is 0.0716. The number of benzene rings is 2. The average molecular weight is 436 g/mol. The topological polar surface area (TPSA) is 119 Å². The molecule has 0 aliphatic rings. The van der Waals surface area contributed by atoms with E-state index in [1.807, 2.05) is 32.0 Å². The molecule has 1 atom stereocenters. The number of nitro benzene ring substituents is 1. The number of nitrogens with one attached hydrogen (secondary N) is 1. The van der Waals surface area contributed by atoms with Gasteiger partial charge in [0, 0.05) is 17.8 Å². The zero-order valence-corrected chi connectivity index (χ0v) is 18.3. The maximum atomic E-state index is 13.1. The molecule has 0 unspecified atom stereocenters. The Morgan fingerprint density at radius 3 is 2.30 bits per heavy atom. The fourth-order valence-electron chi connectivity index (χ4n) is 3.22. The van der Waals surface area contributed by atoms with Crippen LogP contribution in [0.2, 0.25) is 0 Å². The first-order valence-electron chi connectivity index (χ1n) is 9.20. The molecule has 10 heteroatoms. The molecule has 0 bridgehead atoms. The SMILES string of the molecule is CC[C@H](C(=O)Nc1c(C)cccc1C)N(c1cc([N+](=O)[O-])ccc1OC)S(C)(=O)=O. The van der Waals surface area contributed by atoms with Crippen LogP contribution in [0.3, 0.4) is 0 Å². The lowest BCUT2D eigenvalue weighted by Crippen LogP contribution is -2.47. The van der Waals surface area contributed by atoms with Crippen molar-refractivity contribution in [2.24, 2.45) is 0 Å². The van der Waals surface area contributed by atoms with Crippen LogP contribution in [0.4, 0.5) is 17.1 Å². The van der Waals surface area contributed by atoms with Gasteiger partial charge >= 0.3 is 0 Å². The third-order valence-corrected chi connectivity index (χ3v) is 5.84. The van der Waals surface area contributed by atoms with Gasteiger partial charge in [-0.3, -0.25) is 19.2 Å². The lowest BCUT2D eigenvalue weighted by molar-refractivity contribution is -0.384. The van der Waals surface area contributed by atoms with Crippen LogP contribution in [-0.2, 0) is 14.8 Å². The molecule has 0 aliphatic heterocycles. The van der Waals surface area contributed by atoms with Crippen LogP contribution in [0.25, 0.3) is 0 Å². The van der Waals surface area contributed by atoms with Gasteiger partial charge < -0.3 is 10.1 Å². The van der Waals surface area contributed by atoms with Crippen molar-refractivity contribution in [3.8, 4) is 5.75 Å². The molecular weight excluding hydrogens is 410 g/mol. The zero-order chi connectivity index (χ0) is 22.6. The normalized spacial score (nSPS) is 12.2. The summed E-state index contributed by atoms with van der Waals surface area (Å²) < 4.78 is 31.5. The van der Waals surface area contributed by atoms with E-state index in [4.69, 9.17) is 4.74 Å². The van der Waals surface area contributed by atoms with E-state index in [1.54, 1.807) is 6.92 Å². The number of carbonyl (C=O) groups is 1. The van der Waals surface area contributed by atoms with E-state index >= 15 is 0 Å². The third kappa shape index (κ3) is 4.88. The van der Waals surface area contributed by atoms with E-state index in [0.29, 0.717) is 5.69 Å². The minimum Gasteiger partial charge on any atom is -0.495 e. The maximum absolute atomic E-state index is 13.1. The molecule has 0 aromatic heterocycles. The van der Waals surface area contributed by atoms with E-state index < -0.39 is 26.9 Å². The fourth-order valence-corrected chi connectivity index (χ4v) is 4.42. The second-order valence-corrected chi connectivity index (χ2v) is 8.71. The predicted octanol–water partition coefficient (Wildman–Crippen LogP) is 3.40. The number of anilines is 2. The number of nitrogens with zero attached hydrogens (tertiary/aromatic N) is 2. The monoisotopic (exact) mass is 435 g/mol. The van der Waals surface area contributed by atoms with Gasteiger partial charge in [-0.15, -0.1) is 0 Å². The summed E-state index contributed by atoms with van der Waals surface area (Å²) >= 11 is 0. The van der Waals surface area contributed by atoms with Gasteiger partial charge in [-0.05, 0) is 37.5 Å². The maximum Gasteiger partial charge on any atom is 0.271 e. The minimum atomic E-state index is -3.99. The number of carbonyl (C=O) groups excluding carboxylic acids is 1. The smallest absolute Gasteiger partial charge is 0.271 e. The number of hydrogen-bond acceptors (Lipinski definition) is 6. The van der Waals surface area contributed by atoms with Crippen LogP contribution < -0.4 is 14.4 Å². The highest BCUT2D eigenvalue weighted by Crippen LogP contribution is 2.36. The summed E-state index contributed by atoms with van der Waals surface area (Å²) in [6.45, 7) is 5.33. The highest BCUT2D eigenvalue weighted by Gasteiger charge is 2.34. The number of nitro groups is 1. The molecule has 2 aromatic rings. The van der Waals surface area contributed by atoms with Crippen LogP contribution >= 0.6 is 0 Å². The Labute approximate surface area is 175 Å². The number of ether oxygens (including phenoxy) is 1. The Hall–Kier alpha value is -3.14. The molecule has 2 rings (SSSR count). The molecular formula is C20H25N3O6S. The summed E-state index contributed by atoms with van der Waals surface area (Å²) in [7, 11) is -2.67. The Kier molecular flexibility index (Phi) is 7.04. The molecule has 1 amide bonds. The number of amides is 1. The van der Waals surface area contributed by atoms with Gasteiger partial charge in [0.25, 0.3) is 5.69 Å². The van der Waals surface area contributed by atoms with Crippen molar-refractivity contribution in [1.82, 2.24) is 0 Å². The lowest BCUT2D eigenvalue weighted by atomic mass is 10.1. The van der Waals surface area contributed by atoms with Gasteiger partial charge in [0.1, 0.15) is 17.5 Å². The number of aryl methyl sites for hydroxylation is 2. The molecule has 1 N–H and O–H groups in total. The predicted molar refractivity (Wildman–Crippen MR) is 116 cm³/mol. The van der Waals surface area contributed by atoms with Gasteiger partial charge in [0.05, 0.1) is 18.3 Å². The van der Waals surface area contributed by atoms with Crippen LogP contribution in [0.1, 0.15) is 24.5 Å². The number of para-hydroxylation sites is 1. The van der Waals surface area contributed by atoms with Gasteiger partial charge in [0.15, 0.2) is 0 Å². The van der Waals surface area contributed by atoms with Crippen molar-refractivity contribution in [3.63, 3.8) is 0 Å². The molecule has 162 valence electrons.